The van der Waals surface area contributed by atoms with Crippen LogP contribution in [0.2, 0.25) is 0 Å². The van der Waals surface area contributed by atoms with Crippen molar-refractivity contribution in [3.63, 3.8) is 0 Å². The number of carbonyl (C=O) groups is 2. The van der Waals surface area contributed by atoms with E-state index in [4.69, 9.17) is 15.2 Å². The number of nitrogens with zero attached hydrogens (tertiary/aromatic N) is 1. The van der Waals surface area contributed by atoms with E-state index >= 15 is 0 Å². The fourth-order valence-electron chi connectivity index (χ4n) is 1.87. The number of hydrogen-bond acceptors (Lipinski definition) is 5. The van der Waals surface area contributed by atoms with Crippen LogP contribution >= 0.6 is 0 Å². The van der Waals surface area contributed by atoms with E-state index in [1.807, 2.05) is 0 Å². The summed E-state index contributed by atoms with van der Waals surface area (Å²) in [4.78, 5) is 25.1. The predicted molar refractivity (Wildman–Crippen MR) is 66.0 cm³/mol. The second kappa shape index (κ2) is 5.56. The normalized spacial score (nSPS) is 23.9. The maximum atomic E-state index is 12.0. The number of amides is 1. The van der Waals surface area contributed by atoms with Crippen LogP contribution in [0, 0.1) is 0 Å². The van der Waals surface area contributed by atoms with Gasteiger partial charge in [-0.05, 0) is 34.1 Å². The molecule has 1 rings (SSSR count). The van der Waals surface area contributed by atoms with Crippen molar-refractivity contribution in [2.45, 2.75) is 51.8 Å². The van der Waals surface area contributed by atoms with Gasteiger partial charge in [0.05, 0.1) is 6.61 Å². The fourth-order valence-corrected chi connectivity index (χ4v) is 1.87. The highest BCUT2D eigenvalue weighted by atomic mass is 16.6. The van der Waals surface area contributed by atoms with Gasteiger partial charge in [0.25, 0.3) is 0 Å². The molecular formula is C12H22N2O4. The first-order valence-electron chi connectivity index (χ1n) is 6.18. The van der Waals surface area contributed by atoms with Gasteiger partial charge in [0.15, 0.2) is 0 Å². The van der Waals surface area contributed by atoms with Crippen molar-refractivity contribution in [1.29, 1.82) is 0 Å². The van der Waals surface area contributed by atoms with Crippen molar-refractivity contribution >= 4 is 12.1 Å². The maximum Gasteiger partial charge on any atom is 0.411 e. The molecule has 0 aromatic rings. The van der Waals surface area contributed by atoms with Gasteiger partial charge in [-0.3, -0.25) is 4.90 Å². The molecule has 6 heteroatoms. The topological polar surface area (TPSA) is 81.9 Å². The average Bonchev–Trinajstić information content (AvgIpc) is 2.58. The molecule has 0 radical (unpaired) electrons. The van der Waals surface area contributed by atoms with Crippen molar-refractivity contribution < 1.29 is 19.1 Å². The molecule has 1 aliphatic rings. The molecule has 18 heavy (non-hydrogen) atoms. The first kappa shape index (κ1) is 14.8. The number of rotatable bonds is 2. The van der Waals surface area contributed by atoms with Gasteiger partial charge in [-0.25, -0.2) is 9.59 Å². The molecule has 0 bridgehead atoms. The Morgan fingerprint density at radius 3 is 2.50 bits per heavy atom. The van der Waals surface area contributed by atoms with Crippen LogP contribution in [0.3, 0.4) is 0 Å². The number of nitrogens with two attached hydrogens (primary N) is 1. The summed E-state index contributed by atoms with van der Waals surface area (Å²) in [5.74, 6) is -0.464. The second-order valence-corrected chi connectivity index (χ2v) is 5.32. The summed E-state index contributed by atoms with van der Waals surface area (Å²) in [5, 5.41) is 0. The molecule has 0 aromatic carbocycles. The maximum absolute atomic E-state index is 12.0. The zero-order valence-electron chi connectivity index (χ0n) is 11.4. The Morgan fingerprint density at radius 2 is 2.00 bits per heavy atom. The van der Waals surface area contributed by atoms with Gasteiger partial charge >= 0.3 is 12.1 Å². The van der Waals surface area contributed by atoms with E-state index in [1.165, 1.54) is 4.90 Å². The smallest absolute Gasteiger partial charge is 0.411 e. The molecule has 0 spiro atoms. The lowest BCUT2D eigenvalue weighted by molar-refractivity contribution is -0.148. The molecule has 1 amide bonds. The molecule has 2 atom stereocenters. The average molecular weight is 258 g/mol. The van der Waals surface area contributed by atoms with E-state index in [2.05, 4.69) is 0 Å². The summed E-state index contributed by atoms with van der Waals surface area (Å²) in [6.07, 6.45) is 0.0522. The minimum absolute atomic E-state index is 0.268. The van der Waals surface area contributed by atoms with Gasteiger partial charge in [-0.15, -0.1) is 0 Å². The Bertz CT molecular complexity index is 325. The van der Waals surface area contributed by atoms with Crippen LogP contribution in [0.5, 0.6) is 0 Å². The van der Waals surface area contributed by atoms with Crippen LogP contribution in [0.15, 0.2) is 0 Å². The van der Waals surface area contributed by atoms with Crippen LogP contribution in [0.1, 0.15) is 34.1 Å². The zero-order chi connectivity index (χ0) is 13.9. The standard InChI is InChI=1S/C12H22N2O4/c1-5-17-10(15)9-8(13)6-7-14(9)11(16)18-12(2,3)4/h8-9H,5-7,13H2,1-4H3/t8-,9-/m1/s1. The van der Waals surface area contributed by atoms with Crippen LogP contribution in [0.4, 0.5) is 4.79 Å². The molecule has 1 saturated heterocycles. The van der Waals surface area contributed by atoms with Gasteiger partial charge in [-0.2, -0.15) is 0 Å². The highest BCUT2D eigenvalue weighted by molar-refractivity contribution is 5.83. The molecule has 6 nitrogen and oxygen atoms in total. The third-order valence-electron chi connectivity index (χ3n) is 2.60. The molecule has 0 unspecified atom stereocenters. The molecule has 104 valence electrons. The van der Waals surface area contributed by atoms with Crippen molar-refractivity contribution in [3.8, 4) is 0 Å². The van der Waals surface area contributed by atoms with E-state index in [0.717, 1.165) is 0 Å². The van der Waals surface area contributed by atoms with Gasteiger partial charge in [0.2, 0.25) is 0 Å². The lowest BCUT2D eigenvalue weighted by Gasteiger charge is -2.28. The Labute approximate surface area is 107 Å². The molecule has 0 aliphatic carbocycles. The summed E-state index contributed by atoms with van der Waals surface area (Å²) in [6, 6.07) is -1.13. The van der Waals surface area contributed by atoms with Crippen molar-refractivity contribution in [1.82, 2.24) is 4.90 Å². The van der Waals surface area contributed by atoms with Gasteiger partial charge < -0.3 is 15.2 Å². The Kier molecular flexibility index (Phi) is 4.56. The number of carbonyl (C=O) groups excluding carboxylic acids is 2. The monoisotopic (exact) mass is 258 g/mol. The Morgan fingerprint density at radius 1 is 1.39 bits per heavy atom. The largest absolute Gasteiger partial charge is 0.464 e. The molecule has 1 aliphatic heterocycles. The SMILES string of the molecule is CCOC(=O)[C@H]1[C@H](N)CCN1C(=O)OC(C)(C)C. The van der Waals surface area contributed by atoms with E-state index in [1.54, 1.807) is 27.7 Å². The molecule has 1 fully saturated rings. The molecule has 0 saturated carbocycles. The van der Waals surface area contributed by atoms with E-state index in [9.17, 15) is 9.59 Å². The van der Waals surface area contributed by atoms with Crippen molar-refractivity contribution in [2.24, 2.45) is 5.73 Å². The second-order valence-electron chi connectivity index (χ2n) is 5.32. The van der Waals surface area contributed by atoms with E-state index in [-0.39, 0.29) is 6.61 Å². The van der Waals surface area contributed by atoms with Gasteiger partial charge in [0.1, 0.15) is 11.6 Å². The molecular weight excluding hydrogens is 236 g/mol. The summed E-state index contributed by atoms with van der Waals surface area (Å²) in [7, 11) is 0. The highest BCUT2D eigenvalue weighted by Gasteiger charge is 2.42. The van der Waals surface area contributed by atoms with Crippen LogP contribution < -0.4 is 5.73 Å². The number of likely N-dealkylation sites (tertiary alicyclic amines) is 1. The molecule has 1 heterocycles. The first-order chi connectivity index (χ1) is 8.26. The van der Waals surface area contributed by atoms with Crippen LogP contribution in [-0.2, 0) is 14.3 Å². The molecule has 2 N–H and O–H groups in total. The van der Waals surface area contributed by atoms with E-state index < -0.39 is 29.7 Å². The Balaban J connectivity index is 2.74. The van der Waals surface area contributed by atoms with Gasteiger partial charge in [0, 0.05) is 12.6 Å². The van der Waals surface area contributed by atoms with Gasteiger partial charge in [-0.1, -0.05) is 0 Å². The highest BCUT2D eigenvalue weighted by Crippen LogP contribution is 2.21. The lowest BCUT2D eigenvalue weighted by atomic mass is 10.1. The van der Waals surface area contributed by atoms with Crippen molar-refractivity contribution in [3.05, 3.63) is 0 Å². The zero-order valence-corrected chi connectivity index (χ0v) is 11.4. The number of esters is 1. The van der Waals surface area contributed by atoms with Crippen LogP contribution in [0.25, 0.3) is 0 Å². The minimum atomic E-state index is -0.736. The minimum Gasteiger partial charge on any atom is -0.464 e. The van der Waals surface area contributed by atoms with E-state index in [0.29, 0.717) is 13.0 Å². The predicted octanol–water partition coefficient (Wildman–Crippen LogP) is 0.886. The fraction of sp³-hybridized carbons (Fsp3) is 0.833. The summed E-state index contributed by atoms with van der Waals surface area (Å²) < 4.78 is 10.2. The summed E-state index contributed by atoms with van der Waals surface area (Å²) >= 11 is 0. The lowest BCUT2D eigenvalue weighted by Crippen LogP contribution is -2.50. The third kappa shape index (κ3) is 3.60. The van der Waals surface area contributed by atoms with Crippen molar-refractivity contribution in [2.75, 3.05) is 13.2 Å². The molecule has 0 aromatic heterocycles. The third-order valence-corrected chi connectivity index (χ3v) is 2.60. The summed E-state index contributed by atoms with van der Waals surface area (Å²) in [6.45, 7) is 7.74. The first-order valence-corrected chi connectivity index (χ1v) is 6.18. The Hall–Kier alpha value is -1.30. The number of hydrogen-bond donors (Lipinski definition) is 1. The summed E-state index contributed by atoms with van der Waals surface area (Å²) in [5.41, 5.74) is 5.26. The van der Waals surface area contributed by atoms with Crippen LogP contribution in [-0.4, -0.2) is 47.8 Å². The number of ether oxygens (including phenoxy) is 2. The quantitative estimate of drug-likeness (QED) is 0.744.